The molecule has 0 spiro atoms. The van der Waals surface area contributed by atoms with E-state index in [1.54, 1.807) is 31.4 Å². The van der Waals surface area contributed by atoms with Crippen molar-refractivity contribution in [2.45, 2.75) is 51.2 Å². The summed E-state index contributed by atoms with van der Waals surface area (Å²) >= 11 is 0. The first-order valence-corrected chi connectivity index (χ1v) is 10.1. The Bertz CT molecular complexity index is 710. The van der Waals surface area contributed by atoms with Crippen molar-refractivity contribution in [3.05, 3.63) is 29.8 Å². The number of anilines is 1. The number of imide groups is 1. The molecule has 7 heteroatoms. The number of nitrogens with one attached hydrogen (secondary N) is 1. The number of unbranched alkanes of at least 4 members (excludes halogenated alkanes) is 1. The van der Waals surface area contributed by atoms with E-state index in [1.807, 2.05) is 6.92 Å². The van der Waals surface area contributed by atoms with Crippen molar-refractivity contribution in [2.75, 3.05) is 31.7 Å². The van der Waals surface area contributed by atoms with E-state index >= 15 is 0 Å². The SMILES string of the molecule is CCCCOC(=O)c1ccc(N2C(=O)C[C@@H]([NH+]3CCC(OC)CC3)C2=O)cc1. The monoisotopic (exact) mass is 389 g/mol. The predicted molar refractivity (Wildman–Crippen MR) is 103 cm³/mol. The van der Waals surface area contributed by atoms with Gasteiger partial charge in [-0.25, -0.2) is 9.69 Å². The number of nitrogens with zero attached hydrogens (tertiary/aromatic N) is 1. The third kappa shape index (κ3) is 4.42. The highest BCUT2D eigenvalue weighted by atomic mass is 16.5. The maximum atomic E-state index is 12.9. The molecule has 1 aromatic rings. The Labute approximate surface area is 165 Å². The van der Waals surface area contributed by atoms with E-state index in [1.165, 1.54) is 4.90 Å². The summed E-state index contributed by atoms with van der Waals surface area (Å²) in [5.74, 6) is -0.730. The van der Waals surface area contributed by atoms with Crippen LogP contribution in [0, 0.1) is 0 Å². The summed E-state index contributed by atoms with van der Waals surface area (Å²) in [7, 11) is 1.71. The molecule has 2 aliphatic heterocycles. The number of esters is 1. The van der Waals surface area contributed by atoms with Gasteiger partial charge in [0.25, 0.3) is 5.91 Å². The van der Waals surface area contributed by atoms with Gasteiger partial charge in [-0.1, -0.05) is 13.3 Å². The van der Waals surface area contributed by atoms with Crippen LogP contribution in [0.5, 0.6) is 0 Å². The lowest BCUT2D eigenvalue weighted by molar-refractivity contribution is -0.920. The van der Waals surface area contributed by atoms with Crippen molar-refractivity contribution >= 4 is 23.5 Å². The number of benzene rings is 1. The molecule has 152 valence electrons. The van der Waals surface area contributed by atoms with Crippen molar-refractivity contribution < 1.29 is 28.8 Å². The maximum absolute atomic E-state index is 12.9. The molecule has 2 aliphatic rings. The highest BCUT2D eigenvalue weighted by Crippen LogP contribution is 2.23. The minimum atomic E-state index is -0.387. The largest absolute Gasteiger partial charge is 0.462 e. The summed E-state index contributed by atoms with van der Waals surface area (Å²) in [5.41, 5.74) is 0.927. The molecular formula is C21H29N2O5+. The molecule has 0 saturated carbocycles. The summed E-state index contributed by atoms with van der Waals surface area (Å²) in [4.78, 5) is 39.9. The number of likely N-dealkylation sites (tertiary alicyclic amines) is 1. The molecule has 2 saturated heterocycles. The lowest BCUT2D eigenvalue weighted by atomic mass is 10.0. The second kappa shape index (κ2) is 9.30. The third-order valence-corrected chi connectivity index (χ3v) is 5.64. The zero-order valence-corrected chi connectivity index (χ0v) is 16.6. The Morgan fingerprint density at radius 1 is 1.18 bits per heavy atom. The molecule has 1 atom stereocenters. The average molecular weight is 389 g/mol. The number of hydrogen-bond donors (Lipinski definition) is 1. The third-order valence-electron chi connectivity index (χ3n) is 5.64. The number of rotatable bonds is 7. The number of ether oxygens (including phenoxy) is 2. The van der Waals surface area contributed by atoms with E-state index in [0.717, 1.165) is 43.7 Å². The maximum Gasteiger partial charge on any atom is 0.338 e. The first-order valence-electron chi connectivity index (χ1n) is 10.1. The van der Waals surface area contributed by atoms with Crippen molar-refractivity contribution in [2.24, 2.45) is 0 Å². The predicted octanol–water partition coefficient (Wildman–Crippen LogP) is 0.969. The number of piperidine rings is 1. The molecule has 7 nitrogen and oxygen atoms in total. The Hall–Kier alpha value is -2.25. The molecule has 3 rings (SSSR count). The van der Waals surface area contributed by atoms with Gasteiger partial charge in [-0.15, -0.1) is 0 Å². The van der Waals surface area contributed by atoms with Crippen LogP contribution in [0.4, 0.5) is 5.69 Å². The number of hydrogen-bond acceptors (Lipinski definition) is 5. The van der Waals surface area contributed by atoms with Crippen LogP contribution in [-0.4, -0.2) is 56.7 Å². The first kappa shape index (κ1) is 20.5. The zero-order valence-electron chi connectivity index (χ0n) is 16.6. The minimum absolute atomic E-state index is 0.158. The van der Waals surface area contributed by atoms with Gasteiger partial charge in [0, 0.05) is 20.0 Å². The number of methoxy groups -OCH3 is 1. The highest BCUT2D eigenvalue weighted by molar-refractivity contribution is 6.21. The number of amides is 2. The van der Waals surface area contributed by atoms with E-state index in [-0.39, 0.29) is 36.4 Å². The smallest absolute Gasteiger partial charge is 0.338 e. The molecule has 1 aromatic carbocycles. The van der Waals surface area contributed by atoms with E-state index < -0.39 is 0 Å². The van der Waals surface area contributed by atoms with Crippen LogP contribution in [0.2, 0.25) is 0 Å². The lowest BCUT2D eigenvalue weighted by Crippen LogP contribution is -3.17. The normalized spacial score (nSPS) is 25.2. The number of carbonyl (C=O) groups is 3. The molecule has 0 bridgehead atoms. The first-order chi connectivity index (χ1) is 13.5. The van der Waals surface area contributed by atoms with Crippen LogP contribution >= 0.6 is 0 Å². The second-order valence-corrected chi connectivity index (χ2v) is 7.45. The van der Waals surface area contributed by atoms with Gasteiger partial charge in [-0.2, -0.15) is 0 Å². The van der Waals surface area contributed by atoms with E-state index in [9.17, 15) is 14.4 Å². The van der Waals surface area contributed by atoms with Gasteiger partial charge in [0.1, 0.15) is 0 Å². The molecule has 0 aliphatic carbocycles. The Kier molecular flexibility index (Phi) is 6.80. The zero-order chi connectivity index (χ0) is 20.1. The molecule has 0 unspecified atom stereocenters. The quantitative estimate of drug-likeness (QED) is 0.427. The van der Waals surface area contributed by atoms with Gasteiger partial charge < -0.3 is 14.4 Å². The molecular weight excluding hydrogens is 360 g/mol. The number of quaternary nitrogens is 1. The van der Waals surface area contributed by atoms with Crippen LogP contribution in [-0.2, 0) is 19.1 Å². The van der Waals surface area contributed by atoms with Crippen LogP contribution in [0.15, 0.2) is 24.3 Å². The van der Waals surface area contributed by atoms with Crippen molar-refractivity contribution in [1.29, 1.82) is 0 Å². The molecule has 0 radical (unpaired) electrons. The van der Waals surface area contributed by atoms with E-state index in [2.05, 4.69) is 0 Å². The van der Waals surface area contributed by atoms with Crippen LogP contribution in [0.25, 0.3) is 0 Å². The molecule has 1 N–H and O–H groups in total. The van der Waals surface area contributed by atoms with Gasteiger partial charge >= 0.3 is 5.97 Å². The van der Waals surface area contributed by atoms with Gasteiger partial charge in [0.05, 0.1) is 43.5 Å². The Balaban J connectivity index is 1.64. The van der Waals surface area contributed by atoms with Crippen molar-refractivity contribution in [3.63, 3.8) is 0 Å². The summed E-state index contributed by atoms with van der Waals surface area (Å²) < 4.78 is 10.6. The fraction of sp³-hybridized carbons (Fsp3) is 0.571. The van der Waals surface area contributed by atoms with Gasteiger partial charge in [-0.3, -0.25) is 9.59 Å². The Morgan fingerprint density at radius 2 is 1.86 bits per heavy atom. The van der Waals surface area contributed by atoms with Gasteiger partial charge in [-0.05, 0) is 30.7 Å². The fourth-order valence-corrected chi connectivity index (χ4v) is 3.91. The van der Waals surface area contributed by atoms with E-state index in [0.29, 0.717) is 17.9 Å². The van der Waals surface area contributed by atoms with Gasteiger partial charge in [0.2, 0.25) is 5.91 Å². The molecule has 0 aromatic heterocycles. The molecule has 28 heavy (non-hydrogen) atoms. The summed E-state index contributed by atoms with van der Waals surface area (Å²) in [6.45, 7) is 4.09. The van der Waals surface area contributed by atoms with Crippen molar-refractivity contribution in [3.8, 4) is 0 Å². The second-order valence-electron chi connectivity index (χ2n) is 7.45. The molecule has 2 heterocycles. The fourth-order valence-electron chi connectivity index (χ4n) is 3.91. The van der Waals surface area contributed by atoms with E-state index in [4.69, 9.17) is 9.47 Å². The average Bonchev–Trinajstić information content (AvgIpc) is 3.02. The minimum Gasteiger partial charge on any atom is -0.462 e. The van der Waals surface area contributed by atoms with Crippen LogP contribution < -0.4 is 9.80 Å². The molecule has 2 amide bonds. The Morgan fingerprint density at radius 3 is 2.46 bits per heavy atom. The number of carbonyl (C=O) groups excluding carboxylic acids is 3. The standard InChI is InChI=1S/C21H28N2O5/c1-3-4-13-28-21(26)15-5-7-16(8-6-15)23-19(24)14-18(20(23)25)22-11-9-17(27-2)10-12-22/h5-8,17-18H,3-4,9-14H2,1-2H3/p+1/t18-/m1/s1. The lowest BCUT2D eigenvalue weighted by Gasteiger charge is -2.31. The molecule has 2 fully saturated rings. The topological polar surface area (TPSA) is 77.3 Å². The van der Waals surface area contributed by atoms with Crippen LogP contribution in [0.1, 0.15) is 49.4 Å². The highest BCUT2D eigenvalue weighted by Gasteiger charge is 2.46. The van der Waals surface area contributed by atoms with Gasteiger partial charge in [0.15, 0.2) is 6.04 Å². The van der Waals surface area contributed by atoms with Crippen molar-refractivity contribution in [1.82, 2.24) is 0 Å². The summed E-state index contributed by atoms with van der Waals surface area (Å²) in [6.07, 6.45) is 4.06. The summed E-state index contributed by atoms with van der Waals surface area (Å²) in [5, 5.41) is 0. The van der Waals surface area contributed by atoms with Crippen LogP contribution in [0.3, 0.4) is 0 Å². The summed E-state index contributed by atoms with van der Waals surface area (Å²) in [6, 6.07) is 6.16.